The predicted molar refractivity (Wildman–Crippen MR) is 123 cm³/mol. The largest absolute Gasteiger partial charge is 0.489 e. The molecule has 1 N–H and O–H groups in total. The highest BCUT2D eigenvalue weighted by Crippen LogP contribution is 2.29. The van der Waals surface area contributed by atoms with Crippen molar-refractivity contribution in [1.29, 1.82) is 0 Å². The van der Waals surface area contributed by atoms with Crippen molar-refractivity contribution in [1.82, 2.24) is 14.9 Å². The van der Waals surface area contributed by atoms with E-state index >= 15 is 0 Å². The number of hydrogen-bond donors (Lipinski definition) is 1. The molecule has 0 spiro atoms. The van der Waals surface area contributed by atoms with Gasteiger partial charge in [-0.15, -0.1) is 0 Å². The van der Waals surface area contributed by atoms with Crippen LogP contribution in [0.4, 0.5) is 0 Å². The lowest BCUT2D eigenvalue weighted by Gasteiger charge is -2.15. The van der Waals surface area contributed by atoms with Crippen molar-refractivity contribution in [2.24, 2.45) is 0 Å². The summed E-state index contributed by atoms with van der Waals surface area (Å²) in [6.45, 7) is 3.03. The SMILES string of the molecule is Clc1ccc(COc2ccc3ccccc3c2CNCCCn2ccnc2)cc1Cl. The number of nitrogens with zero attached hydrogens (tertiary/aromatic N) is 2. The van der Waals surface area contributed by atoms with E-state index in [1.54, 1.807) is 12.3 Å². The number of fused-ring (bicyclic) bond motifs is 1. The highest BCUT2D eigenvalue weighted by Gasteiger charge is 2.10. The van der Waals surface area contributed by atoms with Crippen molar-refractivity contribution in [3.63, 3.8) is 0 Å². The normalized spacial score (nSPS) is 11.1. The van der Waals surface area contributed by atoms with Gasteiger partial charge in [0.1, 0.15) is 12.4 Å². The number of imidazole rings is 1. The van der Waals surface area contributed by atoms with Crippen LogP contribution in [0.25, 0.3) is 10.8 Å². The van der Waals surface area contributed by atoms with Gasteiger partial charge in [-0.25, -0.2) is 4.98 Å². The quantitative estimate of drug-likeness (QED) is 0.320. The second-order valence-electron chi connectivity index (χ2n) is 7.13. The highest BCUT2D eigenvalue weighted by molar-refractivity contribution is 6.42. The summed E-state index contributed by atoms with van der Waals surface area (Å²) in [4.78, 5) is 4.08. The molecule has 6 heteroatoms. The van der Waals surface area contributed by atoms with Gasteiger partial charge in [0, 0.05) is 31.0 Å². The predicted octanol–water partition coefficient (Wildman–Crippen LogP) is 6.10. The number of nitrogens with one attached hydrogen (secondary N) is 1. The lowest BCUT2D eigenvalue weighted by Crippen LogP contribution is -2.17. The number of aromatic nitrogens is 2. The molecule has 0 saturated carbocycles. The Bertz CT molecular complexity index is 1110. The molecule has 4 aromatic rings. The molecule has 4 rings (SSSR count). The topological polar surface area (TPSA) is 39.1 Å². The van der Waals surface area contributed by atoms with Gasteiger partial charge in [0.05, 0.1) is 16.4 Å². The van der Waals surface area contributed by atoms with Crippen LogP contribution in [-0.2, 0) is 19.7 Å². The fourth-order valence-corrected chi connectivity index (χ4v) is 3.76. The number of rotatable bonds is 9. The number of benzene rings is 3. The van der Waals surface area contributed by atoms with Gasteiger partial charge in [0.2, 0.25) is 0 Å². The van der Waals surface area contributed by atoms with E-state index in [1.807, 2.05) is 30.7 Å². The van der Waals surface area contributed by atoms with Crippen LogP contribution in [0.5, 0.6) is 5.75 Å². The van der Waals surface area contributed by atoms with Crippen LogP contribution in [0, 0.1) is 0 Å². The highest BCUT2D eigenvalue weighted by atomic mass is 35.5. The molecule has 1 aromatic heterocycles. The van der Waals surface area contributed by atoms with Gasteiger partial charge in [-0.1, -0.05) is 59.6 Å². The minimum atomic E-state index is 0.433. The number of aryl methyl sites for hydroxylation is 1. The summed E-state index contributed by atoms with van der Waals surface area (Å²) < 4.78 is 8.28. The van der Waals surface area contributed by atoms with Crippen molar-refractivity contribution in [3.8, 4) is 5.75 Å². The van der Waals surface area contributed by atoms with Crippen LogP contribution in [0.1, 0.15) is 17.5 Å². The van der Waals surface area contributed by atoms with Crippen molar-refractivity contribution in [3.05, 3.63) is 94.5 Å². The van der Waals surface area contributed by atoms with Crippen molar-refractivity contribution < 1.29 is 4.74 Å². The Balaban J connectivity index is 1.45. The van der Waals surface area contributed by atoms with Gasteiger partial charge < -0.3 is 14.6 Å². The molecule has 0 amide bonds. The molecule has 4 nitrogen and oxygen atoms in total. The van der Waals surface area contributed by atoms with Crippen molar-refractivity contribution in [2.75, 3.05) is 6.54 Å². The van der Waals surface area contributed by atoms with Crippen LogP contribution >= 0.6 is 23.2 Å². The molecule has 0 fully saturated rings. The zero-order chi connectivity index (χ0) is 20.8. The molecule has 0 radical (unpaired) electrons. The second-order valence-corrected chi connectivity index (χ2v) is 7.95. The standard InChI is InChI=1S/C24H23Cl2N3O/c25-22-8-6-18(14-23(22)26)16-30-24-9-7-19-4-1-2-5-20(19)21(24)15-27-10-3-12-29-13-11-28-17-29/h1-2,4-9,11,13-14,17,27H,3,10,12,15-16H2. The minimum absolute atomic E-state index is 0.433. The third-order valence-corrected chi connectivity index (χ3v) is 5.75. The first kappa shape index (κ1) is 20.7. The first-order chi connectivity index (χ1) is 14.7. The van der Waals surface area contributed by atoms with Crippen LogP contribution in [-0.4, -0.2) is 16.1 Å². The molecule has 0 saturated heterocycles. The summed E-state index contributed by atoms with van der Waals surface area (Å²) in [5.41, 5.74) is 2.15. The third-order valence-electron chi connectivity index (χ3n) is 5.01. The molecule has 0 aliphatic rings. The lowest BCUT2D eigenvalue weighted by molar-refractivity contribution is 0.302. The van der Waals surface area contributed by atoms with E-state index in [1.165, 1.54) is 10.8 Å². The Morgan fingerprint density at radius 1 is 1.00 bits per heavy atom. The van der Waals surface area contributed by atoms with Gasteiger partial charge in [-0.2, -0.15) is 0 Å². The first-order valence-corrected chi connectivity index (χ1v) is 10.7. The van der Waals surface area contributed by atoms with Gasteiger partial charge in [0.15, 0.2) is 0 Å². The van der Waals surface area contributed by atoms with Gasteiger partial charge in [-0.3, -0.25) is 0 Å². The van der Waals surface area contributed by atoms with E-state index in [0.717, 1.165) is 42.9 Å². The molecule has 0 unspecified atom stereocenters. The molecule has 30 heavy (non-hydrogen) atoms. The Morgan fingerprint density at radius 2 is 1.90 bits per heavy atom. The smallest absolute Gasteiger partial charge is 0.124 e. The van der Waals surface area contributed by atoms with E-state index < -0.39 is 0 Å². The molecule has 0 atom stereocenters. The average molecular weight is 440 g/mol. The molecule has 0 aliphatic heterocycles. The fraction of sp³-hybridized carbons (Fsp3) is 0.208. The maximum atomic E-state index is 6.19. The van der Waals surface area contributed by atoms with E-state index in [9.17, 15) is 0 Å². The maximum absolute atomic E-state index is 6.19. The van der Waals surface area contributed by atoms with Gasteiger partial charge in [0.25, 0.3) is 0 Å². The maximum Gasteiger partial charge on any atom is 0.124 e. The Hall–Kier alpha value is -2.53. The number of halogens is 2. The summed E-state index contributed by atoms with van der Waals surface area (Å²) in [6.07, 6.45) is 6.67. The van der Waals surface area contributed by atoms with E-state index in [2.05, 4.69) is 45.2 Å². The molecule has 0 bridgehead atoms. The molecular formula is C24H23Cl2N3O. The van der Waals surface area contributed by atoms with Crippen molar-refractivity contribution >= 4 is 34.0 Å². The van der Waals surface area contributed by atoms with E-state index in [-0.39, 0.29) is 0 Å². The van der Waals surface area contributed by atoms with Crippen LogP contribution in [0.15, 0.2) is 73.3 Å². The van der Waals surface area contributed by atoms with E-state index in [0.29, 0.717) is 16.7 Å². The summed E-state index contributed by atoms with van der Waals surface area (Å²) in [7, 11) is 0. The Morgan fingerprint density at radius 3 is 2.73 bits per heavy atom. The minimum Gasteiger partial charge on any atom is -0.489 e. The van der Waals surface area contributed by atoms with E-state index in [4.69, 9.17) is 27.9 Å². The summed E-state index contributed by atoms with van der Waals surface area (Å²) in [6, 6.07) is 18.1. The molecule has 154 valence electrons. The lowest BCUT2D eigenvalue weighted by atomic mass is 10.0. The van der Waals surface area contributed by atoms with Crippen molar-refractivity contribution in [2.45, 2.75) is 26.1 Å². The van der Waals surface area contributed by atoms with Crippen LogP contribution in [0.2, 0.25) is 10.0 Å². The fourth-order valence-electron chi connectivity index (χ4n) is 3.44. The Kier molecular flexibility index (Phi) is 6.90. The third kappa shape index (κ3) is 5.14. The summed E-state index contributed by atoms with van der Waals surface area (Å²) in [5, 5.41) is 7.05. The average Bonchev–Trinajstić information content (AvgIpc) is 3.28. The van der Waals surface area contributed by atoms with Crippen LogP contribution in [0.3, 0.4) is 0 Å². The first-order valence-electron chi connectivity index (χ1n) is 9.94. The number of hydrogen-bond acceptors (Lipinski definition) is 3. The molecule has 3 aromatic carbocycles. The summed E-state index contributed by atoms with van der Waals surface area (Å²) in [5.74, 6) is 0.877. The van der Waals surface area contributed by atoms with Gasteiger partial charge in [-0.05, 0) is 47.5 Å². The zero-order valence-electron chi connectivity index (χ0n) is 16.5. The Labute approximate surface area is 186 Å². The molecule has 1 heterocycles. The van der Waals surface area contributed by atoms with Crippen LogP contribution < -0.4 is 10.1 Å². The zero-order valence-corrected chi connectivity index (χ0v) is 18.0. The summed E-state index contributed by atoms with van der Waals surface area (Å²) >= 11 is 12.2. The molecular weight excluding hydrogens is 417 g/mol. The molecule has 0 aliphatic carbocycles. The monoisotopic (exact) mass is 439 g/mol. The number of ether oxygens (including phenoxy) is 1. The van der Waals surface area contributed by atoms with Gasteiger partial charge >= 0.3 is 0 Å². The second kappa shape index (κ2) is 9.98.